The minimum Gasteiger partial charge on any atom is -0.484 e. The van der Waals surface area contributed by atoms with E-state index in [0.29, 0.717) is 25.4 Å². The molecule has 1 aromatic carbocycles. The zero-order chi connectivity index (χ0) is 16.2. The standard InChI is InChI=1S/C17H21N3O3/c1-13-10-19(2)17(18-13)15-11-20(8-9-22-15)16(21)12-23-14-6-4-3-5-7-14/h3-7,10,15H,8-9,11-12H2,1-2H3/t15-/m0/s1. The number of rotatable bonds is 4. The van der Waals surface area contributed by atoms with Crippen molar-refractivity contribution in [2.75, 3.05) is 26.3 Å². The highest BCUT2D eigenvalue weighted by Crippen LogP contribution is 2.21. The lowest BCUT2D eigenvalue weighted by molar-refractivity contribution is -0.141. The molecular weight excluding hydrogens is 294 g/mol. The number of hydrogen-bond acceptors (Lipinski definition) is 4. The Morgan fingerprint density at radius 3 is 2.87 bits per heavy atom. The maximum absolute atomic E-state index is 12.4. The van der Waals surface area contributed by atoms with Crippen molar-refractivity contribution in [3.63, 3.8) is 0 Å². The molecule has 0 radical (unpaired) electrons. The molecule has 1 aliphatic heterocycles. The number of aryl methyl sites for hydroxylation is 2. The van der Waals surface area contributed by atoms with Crippen LogP contribution in [0.4, 0.5) is 0 Å². The monoisotopic (exact) mass is 315 g/mol. The molecule has 1 atom stereocenters. The van der Waals surface area contributed by atoms with Crippen molar-refractivity contribution in [1.29, 1.82) is 0 Å². The molecule has 0 saturated carbocycles. The second kappa shape index (κ2) is 6.83. The summed E-state index contributed by atoms with van der Waals surface area (Å²) in [5, 5.41) is 0. The molecule has 1 fully saturated rings. The van der Waals surface area contributed by atoms with Crippen LogP contribution in [0.2, 0.25) is 0 Å². The Hall–Kier alpha value is -2.34. The van der Waals surface area contributed by atoms with Gasteiger partial charge in [0, 0.05) is 19.8 Å². The lowest BCUT2D eigenvalue weighted by Gasteiger charge is -2.32. The molecule has 2 aromatic rings. The van der Waals surface area contributed by atoms with Gasteiger partial charge in [-0.3, -0.25) is 4.79 Å². The number of carbonyl (C=O) groups excluding carboxylic acids is 1. The van der Waals surface area contributed by atoms with Crippen LogP contribution in [0.5, 0.6) is 5.75 Å². The fourth-order valence-corrected chi connectivity index (χ4v) is 2.72. The molecule has 6 heteroatoms. The van der Waals surface area contributed by atoms with Gasteiger partial charge in [0.25, 0.3) is 5.91 Å². The minimum absolute atomic E-state index is 0.0342. The summed E-state index contributed by atoms with van der Waals surface area (Å²) in [6, 6.07) is 9.36. The van der Waals surface area contributed by atoms with Crippen LogP contribution >= 0.6 is 0 Å². The summed E-state index contributed by atoms with van der Waals surface area (Å²) < 4.78 is 13.3. The molecule has 2 heterocycles. The van der Waals surface area contributed by atoms with Gasteiger partial charge in [0.05, 0.1) is 18.8 Å². The van der Waals surface area contributed by atoms with Crippen molar-refractivity contribution in [2.45, 2.75) is 13.0 Å². The van der Waals surface area contributed by atoms with Gasteiger partial charge in [0.15, 0.2) is 6.61 Å². The normalized spacial score (nSPS) is 18.0. The van der Waals surface area contributed by atoms with Crippen molar-refractivity contribution in [3.8, 4) is 5.75 Å². The van der Waals surface area contributed by atoms with Gasteiger partial charge in [0.1, 0.15) is 17.7 Å². The van der Waals surface area contributed by atoms with E-state index in [-0.39, 0.29) is 18.6 Å². The first-order chi connectivity index (χ1) is 11.1. The molecule has 1 aliphatic rings. The SMILES string of the molecule is Cc1cn(C)c([C@@H]2CN(C(=O)COc3ccccc3)CCO2)n1. The van der Waals surface area contributed by atoms with Crippen LogP contribution in [0.25, 0.3) is 0 Å². The van der Waals surface area contributed by atoms with Gasteiger partial charge in [-0.05, 0) is 19.1 Å². The summed E-state index contributed by atoms with van der Waals surface area (Å²) in [5.41, 5.74) is 0.946. The second-order valence-corrected chi connectivity index (χ2v) is 5.65. The number of ether oxygens (including phenoxy) is 2. The van der Waals surface area contributed by atoms with Crippen LogP contribution in [0.15, 0.2) is 36.5 Å². The maximum Gasteiger partial charge on any atom is 0.260 e. The van der Waals surface area contributed by atoms with E-state index in [2.05, 4.69) is 4.98 Å². The third kappa shape index (κ3) is 3.71. The lowest BCUT2D eigenvalue weighted by atomic mass is 10.2. The highest BCUT2D eigenvalue weighted by molar-refractivity contribution is 5.77. The number of aromatic nitrogens is 2. The predicted molar refractivity (Wildman–Crippen MR) is 85.2 cm³/mol. The van der Waals surface area contributed by atoms with Gasteiger partial charge in [-0.1, -0.05) is 18.2 Å². The van der Waals surface area contributed by atoms with Crippen LogP contribution in [0.3, 0.4) is 0 Å². The highest BCUT2D eigenvalue weighted by Gasteiger charge is 2.28. The number of imidazole rings is 1. The lowest BCUT2D eigenvalue weighted by Crippen LogP contribution is -2.44. The summed E-state index contributed by atoms with van der Waals surface area (Å²) in [5.74, 6) is 1.52. The number of para-hydroxylation sites is 1. The van der Waals surface area contributed by atoms with E-state index in [4.69, 9.17) is 9.47 Å². The first-order valence-electron chi connectivity index (χ1n) is 7.70. The van der Waals surface area contributed by atoms with Gasteiger partial charge in [-0.2, -0.15) is 0 Å². The number of amides is 1. The molecule has 0 N–H and O–H groups in total. The molecule has 0 unspecified atom stereocenters. The van der Waals surface area contributed by atoms with Crippen LogP contribution in [0.1, 0.15) is 17.6 Å². The molecule has 0 spiro atoms. The third-order valence-corrected chi connectivity index (χ3v) is 3.85. The topological polar surface area (TPSA) is 56.6 Å². The summed E-state index contributed by atoms with van der Waals surface area (Å²) in [4.78, 5) is 18.6. The molecule has 0 aliphatic carbocycles. The first-order valence-corrected chi connectivity index (χ1v) is 7.70. The number of morpholine rings is 1. The van der Waals surface area contributed by atoms with E-state index in [1.807, 2.05) is 55.1 Å². The van der Waals surface area contributed by atoms with Crippen LogP contribution in [-0.2, 0) is 16.6 Å². The zero-order valence-electron chi connectivity index (χ0n) is 13.4. The Kier molecular flexibility index (Phi) is 4.62. The number of carbonyl (C=O) groups is 1. The maximum atomic E-state index is 12.4. The van der Waals surface area contributed by atoms with E-state index in [0.717, 1.165) is 11.5 Å². The van der Waals surface area contributed by atoms with Gasteiger partial charge in [0.2, 0.25) is 0 Å². The van der Waals surface area contributed by atoms with E-state index >= 15 is 0 Å². The third-order valence-electron chi connectivity index (χ3n) is 3.85. The Labute approximate surface area is 135 Å². The van der Waals surface area contributed by atoms with E-state index in [1.165, 1.54) is 0 Å². The largest absolute Gasteiger partial charge is 0.484 e. The summed E-state index contributed by atoms with van der Waals surface area (Å²) in [6.07, 6.45) is 1.76. The van der Waals surface area contributed by atoms with Gasteiger partial charge >= 0.3 is 0 Å². The van der Waals surface area contributed by atoms with E-state index in [9.17, 15) is 4.79 Å². The summed E-state index contributed by atoms with van der Waals surface area (Å²) >= 11 is 0. The number of nitrogens with zero attached hydrogens (tertiary/aromatic N) is 3. The molecule has 1 saturated heterocycles. The molecule has 1 aromatic heterocycles. The number of hydrogen-bond donors (Lipinski definition) is 0. The summed E-state index contributed by atoms with van der Waals surface area (Å²) in [7, 11) is 1.94. The van der Waals surface area contributed by atoms with Gasteiger partial charge in [-0.15, -0.1) is 0 Å². The Bertz CT molecular complexity index is 669. The molecule has 122 valence electrons. The van der Waals surface area contributed by atoms with Crippen molar-refractivity contribution in [3.05, 3.63) is 48.0 Å². The fraction of sp³-hybridized carbons (Fsp3) is 0.412. The summed E-state index contributed by atoms with van der Waals surface area (Å²) in [6.45, 7) is 3.57. The van der Waals surface area contributed by atoms with Crippen molar-refractivity contribution in [1.82, 2.24) is 14.5 Å². The smallest absolute Gasteiger partial charge is 0.260 e. The highest BCUT2D eigenvalue weighted by atomic mass is 16.5. The van der Waals surface area contributed by atoms with Crippen molar-refractivity contribution < 1.29 is 14.3 Å². The molecule has 6 nitrogen and oxygen atoms in total. The average molecular weight is 315 g/mol. The fourth-order valence-electron chi connectivity index (χ4n) is 2.72. The zero-order valence-corrected chi connectivity index (χ0v) is 13.4. The van der Waals surface area contributed by atoms with Crippen LogP contribution in [-0.4, -0.2) is 46.7 Å². The van der Waals surface area contributed by atoms with Crippen molar-refractivity contribution >= 4 is 5.91 Å². The van der Waals surface area contributed by atoms with Gasteiger partial charge in [-0.25, -0.2) is 4.98 Å². The Balaban J connectivity index is 1.59. The Morgan fingerprint density at radius 2 is 2.17 bits per heavy atom. The van der Waals surface area contributed by atoms with E-state index in [1.54, 1.807) is 4.90 Å². The Morgan fingerprint density at radius 1 is 1.39 bits per heavy atom. The first kappa shape index (κ1) is 15.6. The molecular formula is C17H21N3O3. The average Bonchev–Trinajstić information content (AvgIpc) is 2.92. The molecule has 3 rings (SSSR count). The van der Waals surface area contributed by atoms with Crippen molar-refractivity contribution in [2.24, 2.45) is 7.05 Å². The number of benzene rings is 1. The molecule has 23 heavy (non-hydrogen) atoms. The molecule has 0 bridgehead atoms. The van der Waals surface area contributed by atoms with Crippen LogP contribution < -0.4 is 4.74 Å². The predicted octanol–water partition coefficient (Wildman–Crippen LogP) is 1.71. The van der Waals surface area contributed by atoms with Crippen LogP contribution in [0, 0.1) is 6.92 Å². The minimum atomic E-state index is -0.192. The quantitative estimate of drug-likeness (QED) is 0.862. The van der Waals surface area contributed by atoms with Gasteiger partial charge < -0.3 is 18.9 Å². The molecule has 1 amide bonds. The second-order valence-electron chi connectivity index (χ2n) is 5.65. The van der Waals surface area contributed by atoms with E-state index < -0.39 is 0 Å².